The smallest absolute Gasteiger partial charge is 0.160 e. The van der Waals surface area contributed by atoms with Crippen LogP contribution in [0.1, 0.15) is 19.8 Å². The molecule has 86 valence electrons. The molecule has 0 aliphatic heterocycles. The largest absolute Gasteiger partial charge is 0.381 e. The average Bonchev–Trinajstić information content (AvgIpc) is 2.25. The minimum Gasteiger partial charge on any atom is -0.381 e. The van der Waals surface area contributed by atoms with Gasteiger partial charge in [-0.15, -0.1) is 0 Å². The number of anilines is 1. The quantitative estimate of drug-likeness (QED) is 0.823. The molecule has 0 amide bonds. The van der Waals surface area contributed by atoms with Crippen LogP contribution in [0.15, 0.2) is 12.1 Å². The van der Waals surface area contributed by atoms with Gasteiger partial charge in [-0.25, -0.2) is 4.39 Å². The van der Waals surface area contributed by atoms with Crippen LogP contribution in [0.4, 0.5) is 10.1 Å². The fourth-order valence-electron chi connectivity index (χ4n) is 1.28. The molecule has 0 aliphatic rings. The first-order valence-electron chi connectivity index (χ1n) is 4.86. The number of benzene rings is 1. The summed E-state index contributed by atoms with van der Waals surface area (Å²) in [7, 11) is 0. The highest BCUT2D eigenvalue weighted by molar-refractivity contribution is 6.35. The van der Waals surface area contributed by atoms with Crippen LogP contribution >= 0.6 is 23.2 Å². The lowest BCUT2D eigenvalue weighted by Crippen LogP contribution is -2.17. The molecule has 0 radical (unpaired) electrons. The number of hydrogen-bond donors (Lipinski definition) is 1. The maximum atomic E-state index is 13.1. The summed E-state index contributed by atoms with van der Waals surface area (Å²) in [5.74, 6) is -0.623. The Hall–Kier alpha value is -0.980. The van der Waals surface area contributed by atoms with E-state index in [0.29, 0.717) is 12.1 Å². The number of nitriles is 1. The van der Waals surface area contributed by atoms with Gasteiger partial charge in [0.15, 0.2) is 5.82 Å². The first kappa shape index (κ1) is 13.1. The summed E-state index contributed by atoms with van der Waals surface area (Å²) in [6.07, 6.45) is 1.17. The van der Waals surface area contributed by atoms with Crippen molar-refractivity contribution in [2.24, 2.45) is 0 Å². The Labute approximate surface area is 104 Å². The van der Waals surface area contributed by atoms with E-state index in [1.807, 2.05) is 6.92 Å². The van der Waals surface area contributed by atoms with Crippen molar-refractivity contribution in [3.05, 3.63) is 28.0 Å². The molecule has 0 aliphatic carbocycles. The Morgan fingerprint density at radius 2 is 2.00 bits per heavy atom. The first-order chi connectivity index (χ1) is 7.58. The average molecular weight is 261 g/mol. The van der Waals surface area contributed by atoms with E-state index >= 15 is 0 Å². The lowest BCUT2D eigenvalue weighted by Gasteiger charge is -2.15. The fraction of sp³-hybridized carbons (Fsp3) is 0.364. The summed E-state index contributed by atoms with van der Waals surface area (Å²) in [6.45, 7) is 1.96. The van der Waals surface area contributed by atoms with Crippen molar-refractivity contribution in [3.8, 4) is 6.07 Å². The second-order valence-electron chi connectivity index (χ2n) is 3.37. The molecule has 5 heteroatoms. The highest BCUT2D eigenvalue weighted by Crippen LogP contribution is 2.28. The van der Waals surface area contributed by atoms with Gasteiger partial charge in [0, 0.05) is 11.7 Å². The van der Waals surface area contributed by atoms with E-state index in [0.717, 1.165) is 6.42 Å². The molecule has 0 saturated carbocycles. The van der Waals surface area contributed by atoms with Crippen molar-refractivity contribution in [2.75, 3.05) is 5.32 Å². The van der Waals surface area contributed by atoms with Crippen molar-refractivity contribution >= 4 is 28.9 Å². The van der Waals surface area contributed by atoms with E-state index in [-0.39, 0.29) is 16.1 Å². The van der Waals surface area contributed by atoms with Gasteiger partial charge in [-0.2, -0.15) is 5.26 Å². The van der Waals surface area contributed by atoms with Crippen LogP contribution in [0.25, 0.3) is 0 Å². The van der Waals surface area contributed by atoms with Crippen molar-refractivity contribution in [3.63, 3.8) is 0 Å². The lowest BCUT2D eigenvalue weighted by atomic mass is 10.1. The molecular weight excluding hydrogens is 250 g/mol. The van der Waals surface area contributed by atoms with Crippen LogP contribution in [0.5, 0.6) is 0 Å². The van der Waals surface area contributed by atoms with Gasteiger partial charge in [0.2, 0.25) is 0 Å². The zero-order chi connectivity index (χ0) is 12.1. The molecule has 1 rings (SSSR count). The lowest BCUT2D eigenvalue weighted by molar-refractivity contribution is 0.628. The summed E-state index contributed by atoms with van der Waals surface area (Å²) in [6, 6.07) is 5.02. The molecule has 1 aromatic carbocycles. The van der Waals surface area contributed by atoms with E-state index in [1.54, 1.807) is 0 Å². The van der Waals surface area contributed by atoms with Gasteiger partial charge in [0.25, 0.3) is 0 Å². The molecule has 1 N–H and O–H groups in total. The zero-order valence-corrected chi connectivity index (χ0v) is 10.2. The monoisotopic (exact) mass is 260 g/mol. The number of halogens is 3. The van der Waals surface area contributed by atoms with Crippen molar-refractivity contribution in [1.82, 2.24) is 0 Å². The van der Waals surface area contributed by atoms with Gasteiger partial charge in [-0.05, 0) is 18.6 Å². The predicted octanol–water partition coefficient (Wildman–Crippen LogP) is 4.24. The normalized spacial score (nSPS) is 11.9. The Morgan fingerprint density at radius 1 is 1.44 bits per heavy atom. The van der Waals surface area contributed by atoms with E-state index in [2.05, 4.69) is 11.4 Å². The Balaban J connectivity index is 2.85. The van der Waals surface area contributed by atoms with Gasteiger partial charge in [-0.1, -0.05) is 30.1 Å². The van der Waals surface area contributed by atoms with Gasteiger partial charge < -0.3 is 5.32 Å². The number of rotatable bonds is 4. The molecule has 2 nitrogen and oxygen atoms in total. The van der Waals surface area contributed by atoms with Crippen LogP contribution in [0.2, 0.25) is 10.0 Å². The fourth-order valence-corrected chi connectivity index (χ4v) is 1.77. The minimum absolute atomic E-state index is 0.0163. The standard InChI is InChI=1S/C11H11Cl2FN2/c1-2-7(3-4-15)16-8-5-9(12)11(14)10(13)6-8/h5-7,16H,2-3H2,1H3. The predicted molar refractivity (Wildman–Crippen MR) is 64.4 cm³/mol. The van der Waals surface area contributed by atoms with E-state index in [9.17, 15) is 4.39 Å². The number of hydrogen-bond acceptors (Lipinski definition) is 2. The molecule has 1 aromatic rings. The summed E-state index contributed by atoms with van der Waals surface area (Å²) in [5.41, 5.74) is 0.624. The summed E-state index contributed by atoms with van der Waals surface area (Å²) >= 11 is 11.3. The molecule has 0 saturated heterocycles. The molecule has 1 atom stereocenters. The van der Waals surface area contributed by atoms with Crippen molar-refractivity contribution in [1.29, 1.82) is 5.26 Å². The first-order valence-corrected chi connectivity index (χ1v) is 5.62. The minimum atomic E-state index is -0.623. The molecule has 0 aromatic heterocycles. The summed E-state index contributed by atoms with van der Waals surface area (Å²) in [5, 5.41) is 11.6. The zero-order valence-electron chi connectivity index (χ0n) is 8.73. The SMILES string of the molecule is CCC(CC#N)Nc1cc(Cl)c(F)c(Cl)c1. The molecule has 0 fully saturated rings. The van der Waals surface area contributed by atoms with E-state index in [4.69, 9.17) is 28.5 Å². The Bertz CT molecular complexity index is 392. The topological polar surface area (TPSA) is 35.8 Å². The molecule has 1 unspecified atom stereocenters. The van der Waals surface area contributed by atoms with Gasteiger partial charge in [0.1, 0.15) is 0 Å². The third-order valence-corrected chi connectivity index (χ3v) is 2.74. The summed E-state index contributed by atoms with van der Waals surface area (Å²) in [4.78, 5) is 0. The summed E-state index contributed by atoms with van der Waals surface area (Å²) < 4.78 is 13.1. The van der Waals surface area contributed by atoms with Crippen LogP contribution in [-0.2, 0) is 0 Å². The molecule has 16 heavy (non-hydrogen) atoms. The second-order valence-corrected chi connectivity index (χ2v) is 4.18. The maximum absolute atomic E-state index is 13.1. The highest BCUT2D eigenvalue weighted by atomic mass is 35.5. The second kappa shape index (κ2) is 5.93. The number of nitrogens with one attached hydrogen (secondary N) is 1. The molecule has 0 bridgehead atoms. The van der Waals surface area contributed by atoms with Crippen LogP contribution in [0.3, 0.4) is 0 Å². The highest BCUT2D eigenvalue weighted by Gasteiger charge is 2.10. The molecule has 0 spiro atoms. The third kappa shape index (κ3) is 3.26. The van der Waals surface area contributed by atoms with Gasteiger partial charge >= 0.3 is 0 Å². The van der Waals surface area contributed by atoms with Gasteiger partial charge in [0.05, 0.1) is 22.5 Å². The van der Waals surface area contributed by atoms with Crippen LogP contribution in [-0.4, -0.2) is 6.04 Å². The van der Waals surface area contributed by atoms with Crippen LogP contribution in [0, 0.1) is 17.1 Å². The maximum Gasteiger partial charge on any atom is 0.160 e. The van der Waals surface area contributed by atoms with E-state index < -0.39 is 5.82 Å². The molecule has 0 heterocycles. The Morgan fingerprint density at radius 3 is 2.44 bits per heavy atom. The van der Waals surface area contributed by atoms with Crippen molar-refractivity contribution in [2.45, 2.75) is 25.8 Å². The van der Waals surface area contributed by atoms with Crippen molar-refractivity contribution < 1.29 is 4.39 Å². The number of nitrogens with zero attached hydrogens (tertiary/aromatic N) is 1. The van der Waals surface area contributed by atoms with E-state index in [1.165, 1.54) is 12.1 Å². The van der Waals surface area contributed by atoms with Gasteiger partial charge in [-0.3, -0.25) is 0 Å². The molecular formula is C11H11Cl2FN2. The third-order valence-electron chi connectivity index (χ3n) is 2.19. The Kier molecular flexibility index (Phi) is 4.85. The van der Waals surface area contributed by atoms with Crippen LogP contribution < -0.4 is 5.32 Å².